The molecule has 22 heavy (non-hydrogen) atoms. The highest BCUT2D eigenvalue weighted by atomic mass is 32.1. The molecular weight excluding hydrogens is 302 g/mol. The van der Waals surface area contributed by atoms with Crippen LogP contribution in [-0.4, -0.2) is 29.3 Å². The van der Waals surface area contributed by atoms with Crippen molar-refractivity contribution in [3.63, 3.8) is 0 Å². The molecule has 0 amide bonds. The lowest BCUT2D eigenvalue weighted by Crippen LogP contribution is -1.95. The van der Waals surface area contributed by atoms with Gasteiger partial charge in [-0.15, -0.1) is 11.3 Å². The van der Waals surface area contributed by atoms with Gasteiger partial charge in [0.1, 0.15) is 4.88 Å². The maximum atomic E-state index is 5.32. The third-order valence-electron chi connectivity index (χ3n) is 3.22. The van der Waals surface area contributed by atoms with Crippen molar-refractivity contribution in [3.8, 4) is 22.3 Å². The average molecular weight is 317 g/mol. The highest BCUT2D eigenvalue weighted by Gasteiger charge is 2.14. The minimum atomic E-state index is 0.510. The van der Waals surface area contributed by atoms with Crippen LogP contribution in [0.4, 0.5) is 0 Å². The van der Waals surface area contributed by atoms with Crippen molar-refractivity contribution >= 4 is 11.3 Å². The van der Waals surface area contributed by atoms with Gasteiger partial charge in [0.2, 0.25) is 0 Å². The van der Waals surface area contributed by atoms with E-state index in [-0.39, 0.29) is 0 Å². The number of hydrogen-bond donors (Lipinski definition) is 0. The third-order valence-corrected chi connectivity index (χ3v) is 4.13. The molecule has 3 rings (SSSR count). The molecule has 6 nitrogen and oxygen atoms in total. The van der Waals surface area contributed by atoms with Gasteiger partial charge in [-0.05, 0) is 24.6 Å². The summed E-state index contributed by atoms with van der Waals surface area (Å²) in [5.41, 5.74) is 3.68. The van der Waals surface area contributed by atoms with Crippen LogP contribution in [-0.2, 0) is 6.42 Å². The summed E-state index contributed by atoms with van der Waals surface area (Å²) in [7, 11) is 3.22. The van der Waals surface area contributed by atoms with E-state index in [0.29, 0.717) is 29.6 Å². The van der Waals surface area contributed by atoms with E-state index in [0.717, 1.165) is 16.1 Å². The van der Waals surface area contributed by atoms with E-state index in [9.17, 15) is 0 Å². The van der Waals surface area contributed by atoms with Crippen LogP contribution in [0.3, 0.4) is 0 Å². The molecule has 0 aliphatic carbocycles. The predicted molar refractivity (Wildman–Crippen MR) is 82.5 cm³/mol. The zero-order chi connectivity index (χ0) is 15.5. The first-order chi connectivity index (χ1) is 10.7. The minimum Gasteiger partial charge on any atom is -0.493 e. The molecule has 2 aromatic heterocycles. The zero-order valence-corrected chi connectivity index (χ0v) is 13.3. The Balaban J connectivity index is 1.82. The van der Waals surface area contributed by atoms with Crippen molar-refractivity contribution in [2.75, 3.05) is 14.2 Å². The summed E-state index contributed by atoms with van der Waals surface area (Å²) in [5.74, 6) is 2.51. The molecule has 0 radical (unpaired) electrons. The number of ether oxygens (including phenoxy) is 2. The largest absolute Gasteiger partial charge is 0.493 e. The Morgan fingerprint density at radius 2 is 2.00 bits per heavy atom. The van der Waals surface area contributed by atoms with Gasteiger partial charge in [0, 0.05) is 6.42 Å². The van der Waals surface area contributed by atoms with Crippen LogP contribution < -0.4 is 9.47 Å². The van der Waals surface area contributed by atoms with Gasteiger partial charge in [0.25, 0.3) is 5.89 Å². The van der Waals surface area contributed by atoms with Gasteiger partial charge in [-0.3, -0.25) is 0 Å². The molecule has 0 atom stereocenters. The molecule has 1 aromatic carbocycles. The van der Waals surface area contributed by atoms with E-state index in [1.54, 1.807) is 19.7 Å². The number of aryl methyl sites for hydroxylation is 1. The molecule has 0 fully saturated rings. The van der Waals surface area contributed by atoms with Crippen molar-refractivity contribution in [2.24, 2.45) is 0 Å². The molecule has 0 bridgehead atoms. The lowest BCUT2D eigenvalue weighted by atomic mass is 10.1. The second-order valence-electron chi connectivity index (χ2n) is 4.65. The van der Waals surface area contributed by atoms with Crippen LogP contribution in [0.15, 0.2) is 28.2 Å². The summed E-state index contributed by atoms with van der Waals surface area (Å²) < 4.78 is 15.8. The van der Waals surface area contributed by atoms with Crippen LogP contribution in [0, 0.1) is 6.92 Å². The molecule has 0 aliphatic heterocycles. The number of methoxy groups -OCH3 is 2. The highest BCUT2D eigenvalue weighted by Crippen LogP contribution is 2.29. The molecule has 3 aromatic rings. The van der Waals surface area contributed by atoms with E-state index in [1.807, 2.05) is 25.1 Å². The van der Waals surface area contributed by atoms with E-state index in [4.69, 9.17) is 14.0 Å². The van der Waals surface area contributed by atoms with Crippen molar-refractivity contribution < 1.29 is 14.0 Å². The Hall–Kier alpha value is -2.41. The fourth-order valence-electron chi connectivity index (χ4n) is 2.10. The smallest absolute Gasteiger partial charge is 0.269 e. The molecule has 0 N–H and O–H groups in total. The summed E-state index contributed by atoms with van der Waals surface area (Å²) >= 11 is 1.49. The molecule has 0 spiro atoms. The second kappa shape index (κ2) is 6.15. The first kappa shape index (κ1) is 14.5. The van der Waals surface area contributed by atoms with E-state index >= 15 is 0 Å². The lowest BCUT2D eigenvalue weighted by molar-refractivity contribution is 0.354. The maximum absolute atomic E-state index is 5.32. The van der Waals surface area contributed by atoms with Crippen molar-refractivity contribution in [3.05, 3.63) is 40.8 Å². The molecular formula is C15H15N3O3S. The number of rotatable bonds is 5. The van der Waals surface area contributed by atoms with Gasteiger partial charge in [-0.2, -0.15) is 4.98 Å². The Labute approximate surface area is 131 Å². The monoisotopic (exact) mass is 317 g/mol. The van der Waals surface area contributed by atoms with E-state index in [2.05, 4.69) is 15.1 Å². The number of thiazole rings is 1. The quantitative estimate of drug-likeness (QED) is 0.720. The SMILES string of the molecule is COc1ccc(Cc2noc(-c3scnc3C)n2)cc1OC. The van der Waals surface area contributed by atoms with Gasteiger partial charge in [-0.25, -0.2) is 4.98 Å². The maximum Gasteiger partial charge on any atom is 0.269 e. The fraction of sp³-hybridized carbons (Fsp3) is 0.267. The zero-order valence-electron chi connectivity index (χ0n) is 12.5. The number of nitrogens with zero attached hydrogens (tertiary/aromatic N) is 3. The fourth-order valence-corrected chi connectivity index (χ4v) is 2.82. The Kier molecular flexibility index (Phi) is 4.06. The van der Waals surface area contributed by atoms with Crippen molar-refractivity contribution in [2.45, 2.75) is 13.3 Å². The van der Waals surface area contributed by atoms with Gasteiger partial charge in [-0.1, -0.05) is 11.2 Å². The van der Waals surface area contributed by atoms with Gasteiger partial charge in [0.05, 0.1) is 25.4 Å². The summed E-state index contributed by atoms with van der Waals surface area (Å²) in [6.45, 7) is 1.92. The summed E-state index contributed by atoms with van der Waals surface area (Å²) in [4.78, 5) is 9.52. The highest BCUT2D eigenvalue weighted by molar-refractivity contribution is 7.13. The van der Waals surface area contributed by atoms with Crippen LogP contribution in [0.25, 0.3) is 10.8 Å². The van der Waals surface area contributed by atoms with Crippen LogP contribution >= 0.6 is 11.3 Å². The molecule has 0 saturated heterocycles. The molecule has 114 valence electrons. The summed E-state index contributed by atoms with van der Waals surface area (Å²) in [6.07, 6.45) is 0.557. The molecule has 0 unspecified atom stereocenters. The number of aromatic nitrogens is 3. The standard InChI is InChI=1S/C15H15N3O3S/c1-9-14(22-8-16-9)15-17-13(18-21-15)7-10-4-5-11(19-2)12(6-10)20-3/h4-6,8H,7H2,1-3H3. The minimum absolute atomic E-state index is 0.510. The van der Waals surface area contributed by atoms with Gasteiger partial charge >= 0.3 is 0 Å². The van der Waals surface area contributed by atoms with Crippen LogP contribution in [0.1, 0.15) is 17.1 Å². The summed E-state index contributed by atoms with van der Waals surface area (Å²) in [6, 6.07) is 5.73. The van der Waals surface area contributed by atoms with Gasteiger partial charge in [0.15, 0.2) is 17.3 Å². The predicted octanol–water partition coefficient (Wildman–Crippen LogP) is 3.11. The number of benzene rings is 1. The topological polar surface area (TPSA) is 70.3 Å². The van der Waals surface area contributed by atoms with Crippen LogP contribution in [0.2, 0.25) is 0 Å². The lowest BCUT2D eigenvalue weighted by Gasteiger charge is -2.08. The molecule has 0 aliphatic rings. The Morgan fingerprint density at radius 3 is 2.68 bits per heavy atom. The molecule has 7 heteroatoms. The first-order valence-electron chi connectivity index (χ1n) is 6.65. The number of hydrogen-bond acceptors (Lipinski definition) is 7. The summed E-state index contributed by atoms with van der Waals surface area (Å²) in [5, 5.41) is 4.03. The molecule has 2 heterocycles. The average Bonchev–Trinajstić information content (AvgIpc) is 3.15. The third kappa shape index (κ3) is 2.80. The van der Waals surface area contributed by atoms with E-state index in [1.165, 1.54) is 11.3 Å². The first-order valence-corrected chi connectivity index (χ1v) is 7.53. The Bertz CT molecular complexity index is 782. The van der Waals surface area contributed by atoms with E-state index < -0.39 is 0 Å². The normalized spacial score (nSPS) is 10.7. The van der Waals surface area contributed by atoms with Crippen molar-refractivity contribution in [1.82, 2.24) is 15.1 Å². The molecule has 0 saturated carbocycles. The van der Waals surface area contributed by atoms with Gasteiger partial charge < -0.3 is 14.0 Å². The Morgan fingerprint density at radius 1 is 1.18 bits per heavy atom. The van der Waals surface area contributed by atoms with Crippen LogP contribution in [0.5, 0.6) is 11.5 Å². The second-order valence-corrected chi connectivity index (χ2v) is 5.50. The van der Waals surface area contributed by atoms with Crippen molar-refractivity contribution in [1.29, 1.82) is 0 Å².